The number of halogens is 6. The Morgan fingerprint density at radius 2 is 1.54 bits per heavy atom. The van der Waals surface area contributed by atoms with E-state index in [1.54, 1.807) is 47.8 Å². The summed E-state index contributed by atoms with van der Waals surface area (Å²) in [7, 11) is 1.74. The van der Waals surface area contributed by atoms with Crippen LogP contribution < -0.4 is 4.90 Å². The molecule has 2 aromatic heterocycles. The molecule has 5 rings (SSSR count). The van der Waals surface area contributed by atoms with Gasteiger partial charge in [-0.3, -0.25) is 9.48 Å². The van der Waals surface area contributed by atoms with Crippen molar-refractivity contribution >= 4 is 18.0 Å². The molecule has 1 aromatic carbocycles. The zero-order chi connectivity index (χ0) is 38.3. The molecule has 284 valence electrons. The number of amides is 1. The van der Waals surface area contributed by atoms with Crippen molar-refractivity contribution in [2.45, 2.75) is 110 Å². The van der Waals surface area contributed by atoms with Crippen molar-refractivity contribution in [2.24, 2.45) is 24.3 Å². The monoisotopic (exact) mass is 738 g/mol. The summed E-state index contributed by atoms with van der Waals surface area (Å²) in [4.78, 5) is 37.9. The molecule has 1 aliphatic heterocycles. The molecule has 1 saturated heterocycles. The third-order valence-electron chi connectivity index (χ3n) is 10.6. The standard InChI is InChI=1S/C36H44F6N6O4/c1-7-27-13-28(14-30(20(2)3)48(27)33(51)52-29-11-24(12-29)34(4,5)31(49)50)47(32-43-15-22(16-44-32)23-17-45-46(6)19-23)18-21-8-25(35(37,38)39)10-26(9-21)36(40,41)42/h8-10,15-17,19-20,24,27-30H,7,11-14,18H2,1-6H3,(H,49,50)/t24?,27-,28+,29?,30-/m0/s1. The van der Waals surface area contributed by atoms with E-state index >= 15 is 0 Å². The van der Waals surface area contributed by atoms with Crippen LogP contribution in [0.3, 0.4) is 0 Å². The van der Waals surface area contributed by atoms with Gasteiger partial charge in [-0.05, 0) is 81.5 Å². The van der Waals surface area contributed by atoms with Gasteiger partial charge in [-0.25, -0.2) is 14.8 Å². The van der Waals surface area contributed by atoms with Gasteiger partial charge in [0.05, 0.1) is 22.7 Å². The number of aliphatic carboxylic acids is 1. The van der Waals surface area contributed by atoms with Gasteiger partial charge in [0, 0.05) is 61.4 Å². The molecule has 1 N–H and O–H groups in total. The van der Waals surface area contributed by atoms with Crippen molar-refractivity contribution in [1.29, 1.82) is 0 Å². The van der Waals surface area contributed by atoms with Crippen molar-refractivity contribution in [1.82, 2.24) is 24.6 Å². The number of carboxylic acid groups (broad SMARTS) is 1. The van der Waals surface area contributed by atoms with E-state index in [2.05, 4.69) is 15.1 Å². The maximum atomic E-state index is 13.9. The first kappa shape index (κ1) is 38.9. The highest BCUT2D eigenvalue weighted by atomic mass is 19.4. The summed E-state index contributed by atoms with van der Waals surface area (Å²) in [5, 5.41) is 13.7. The zero-order valence-electron chi connectivity index (χ0n) is 29.9. The maximum absolute atomic E-state index is 13.9. The van der Waals surface area contributed by atoms with E-state index in [1.807, 2.05) is 20.8 Å². The van der Waals surface area contributed by atoms with Crippen LogP contribution in [-0.4, -0.2) is 66.0 Å². The van der Waals surface area contributed by atoms with Crippen molar-refractivity contribution in [2.75, 3.05) is 4.90 Å². The van der Waals surface area contributed by atoms with Crippen LogP contribution in [0.1, 0.15) is 83.4 Å². The first-order chi connectivity index (χ1) is 24.2. The van der Waals surface area contributed by atoms with Crippen LogP contribution in [0.5, 0.6) is 0 Å². The average Bonchev–Trinajstić information content (AvgIpc) is 3.49. The lowest BCUT2D eigenvalue weighted by Gasteiger charge is -2.50. The van der Waals surface area contributed by atoms with Crippen molar-refractivity contribution in [3.05, 3.63) is 59.7 Å². The van der Waals surface area contributed by atoms with Crippen molar-refractivity contribution in [3.63, 3.8) is 0 Å². The number of piperidine rings is 1. The molecule has 10 nitrogen and oxygen atoms in total. The molecular weight excluding hydrogens is 694 g/mol. The minimum absolute atomic E-state index is 0.103. The van der Waals surface area contributed by atoms with E-state index in [-0.39, 0.29) is 36.0 Å². The van der Waals surface area contributed by atoms with Gasteiger partial charge in [0.2, 0.25) is 5.95 Å². The van der Waals surface area contributed by atoms with Gasteiger partial charge in [-0.15, -0.1) is 0 Å². The number of aromatic nitrogens is 4. The molecule has 2 aliphatic rings. The van der Waals surface area contributed by atoms with Gasteiger partial charge < -0.3 is 19.6 Å². The molecule has 2 fully saturated rings. The number of hydrogen-bond donors (Lipinski definition) is 1. The molecule has 1 amide bonds. The van der Waals surface area contributed by atoms with Crippen LogP contribution >= 0.6 is 0 Å². The van der Waals surface area contributed by atoms with E-state index in [9.17, 15) is 41.0 Å². The van der Waals surface area contributed by atoms with Crippen LogP contribution in [0.15, 0.2) is 43.0 Å². The quantitative estimate of drug-likeness (QED) is 0.207. The lowest BCUT2D eigenvalue weighted by atomic mass is 9.66. The van der Waals surface area contributed by atoms with Crippen LogP contribution in [0.2, 0.25) is 0 Å². The van der Waals surface area contributed by atoms with Crippen LogP contribution in [0.25, 0.3) is 11.1 Å². The van der Waals surface area contributed by atoms with Gasteiger partial charge in [-0.1, -0.05) is 20.8 Å². The third-order valence-corrected chi connectivity index (χ3v) is 10.6. The summed E-state index contributed by atoms with van der Waals surface area (Å²) in [6, 6.07) is 0.243. The van der Waals surface area contributed by atoms with E-state index in [4.69, 9.17) is 4.74 Å². The lowest BCUT2D eigenvalue weighted by Crippen LogP contribution is -2.59. The minimum atomic E-state index is -5.02. The molecule has 0 spiro atoms. The summed E-state index contributed by atoms with van der Waals surface area (Å²) in [5.41, 5.74) is -2.68. The summed E-state index contributed by atoms with van der Waals surface area (Å²) in [6.07, 6.45) is -2.64. The van der Waals surface area contributed by atoms with Crippen LogP contribution in [0, 0.1) is 17.3 Å². The molecule has 1 aliphatic carbocycles. The number of likely N-dealkylation sites (tertiary alicyclic amines) is 1. The predicted octanol–water partition coefficient (Wildman–Crippen LogP) is 8.21. The number of hydrogen-bond acceptors (Lipinski definition) is 7. The predicted molar refractivity (Wildman–Crippen MR) is 179 cm³/mol. The molecule has 3 aromatic rings. The molecule has 3 atom stereocenters. The van der Waals surface area contributed by atoms with E-state index < -0.39 is 65.2 Å². The second kappa shape index (κ2) is 14.6. The largest absolute Gasteiger partial charge is 0.481 e. The Hall–Kier alpha value is -4.37. The number of nitrogens with zero attached hydrogens (tertiary/aromatic N) is 6. The second-order valence-electron chi connectivity index (χ2n) is 14.8. The number of anilines is 1. The van der Waals surface area contributed by atoms with Crippen molar-refractivity contribution < 1.29 is 45.8 Å². The minimum Gasteiger partial charge on any atom is -0.481 e. The summed E-state index contributed by atoms with van der Waals surface area (Å²) in [5.74, 6) is -1.07. The fourth-order valence-corrected chi connectivity index (χ4v) is 7.17. The smallest absolute Gasteiger partial charge is 0.416 e. The molecule has 52 heavy (non-hydrogen) atoms. The highest BCUT2D eigenvalue weighted by Crippen LogP contribution is 2.44. The SMILES string of the molecule is CC[C@H]1C[C@@H](N(Cc2cc(C(F)(F)F)cc(C(F)(F)F)c2)c2ncc(-c3cnn(C)c3)cn2)C[C@@H](C(C)C)N1C(=O)OC1CC(C(C)(C)C(=O)O)C1. The Balaban J connectivity index is 1.47. The Morgan fingerprint density at radius 3 is 2.02 bits per heavy atom. The Morgan fingerprint density at radius 1 is 0.942 bits per heavy atom. The number of carbonyl (C=O) groups is 2. The number of ether oxygens (including phenoxy) is 1. The summed E-state index contributed by atoms with van der Waals surface area (Å²) < 4.78 is 90.7. The van der Waals surface area contributed by atoms with E-state index in [0.717, 1.165) is 5.56 Å². The summed E-state index contributed by atoms with van der Waals surface area (Å²) in [6.45, 7) is 8.69. The molecule has 3 heterocycles. The summed E-state index contributed by atoms with van der Waals surface area (Å²) >= 11 is 0. The zero-order valence-corrected chi connectivity index (χ0v) is 29.9. The number of benzene rings is 1. The molecule has 16 heteroatoms. The number of rotatable bonds is 10. The fraction of sp³-hybridized carbons (Fsp3) is 0.583. The van der Waals surface area contributed by atoms with Crippen LogP contribution in [-0.2, 0) is 35.5 Å². The van der Waals surface area contributed by atoms with Gasteiger partial charge >= 0.3 is 24.4 Å². The van der Waals surface area contributed by atoms with Crippen molar-refractivity contribution in [3.8, 4) is 11.1 Å². The van der Waals surface area contributed by atoms with Gasteiger partial charge in [0.25, 0.3) is 0 Å². The molecular formula is C36H44F6N6O4. The second-order valence-corrected chi connectivity index (χ2v) is 14.8. The van der Waals surface area contributed by atoms with Gasteiger partial charge in [-0.2, -0.15) is 31.4 Å². The van der Waals surface area contributed by atoms with Gasteiger partial charge in [0.15, 0.2) is 0 Å². The number of alkyl halides is 6. The Labute approximate surface area is 298 Å². The Bertz CT molecular complexity index is 1700. The molecule has 1 saturated carbocycles. The molecule has 0 unspecified atom stereocenters. The van der Waals surface area contributed by atoms with E-state index in [0.29, 0.717) is 49.8 Å². The number of carbonyl (C=O) groups excluding carboxylic acids is 1. The molecule has 0 bridgehead atoms. The van der Waals surface area contributed by atoms with E-state index in [1.165, 1.54) is 12.4 Å². The van der Waals surface area contributed by atoms with Gasteiger partial charge in [0.1, 0.15) is 6.10 Å². The maximum Gasteiger partial charge on any atom is 0.416 e. The first-order valence-electron chi connectivity index (χ1n) is 17.3. The average molecular weight is 739 g/mol. The van der Waals surface area contributed by atoms with Crippen LogP contribution in [0.4, 0.5) is 37.1 Å². The molecule has 0 radical (unpaired) electrons. The highest BCUT2D eigenvalue weighted by molar-refractivity contribution is 5.74. The lowest BCUT2D eigenvalue weighted by molar-refractivity contribution is -0.155. The number of aryl methyl sites for hydroxylation is 1. The Kier molecular flexibility index (Phi) is 10.9. The topological polar surface area (TPSA) is 114 Å². The first-order valence-corrected chi connectivity index (χ1v) is 17.3. The third kappa shape index (κ3) is 8.30. The number of carboxylic acids is 1. The normalized spacial score (nSPS) is 22.6. The fourth-order valence-electron chi connectivity index (χ4n) is 7.17. The highest BCUT2D eigenvalue weighted by Gasteiger charge is 2.48.